The van der Waals surface area contributed by atoms with Gasteiger partial charge in [-0.3, -0.25) is 4.79 Å². The summed E-state index contributed by atoms with van der Waals surface area (Å²) in [5.41, 5.74) is 3.50. The van der Waals surface area contributed by atoms with E-state index in [0.717, 1.165) is 16.7 Å². The van der Waals surface area contributed by atoms with E-state index in [1.807, 2.05) is 55.5 Å². The van der Waals surface area contributed by atoms with Crippen LogP contribution in [0.25, 0.3) is 11.3 Å². The number of nitrogens with one attached hydrogen (secondary N) is 2. The van der Waals surface area contributed by atoms with E-state index in [9.17, 15) is 4.79 Å². The van der Waals surface area contributed by atoms with Crippen LogP contribution in [-0.4, -0.2) is 51.4 Å². The number of benzene rings is 1. The molecule has 9 heteroatoms. The lowest BCUT2D eigenvalue weighted by atomic mass is 10.1. The molecule has 2 N–H and O–H groups in total. The maximum absolute atomic E-state index is 12.6. The highest BCUT2D eigenvalue weighted by Gasteiger charge is 2.14. The van der Waals surface area contributed by atoms with E-state index in [4.69, 9.17) is 9.47 Å². The molecule has 0 saturated carbocycles. The number of H-pyrrole nitrogens is 1. The number of aryl methyl sites for hydroxylation is 1. The van der Waals surface area contributed by atoms with Crippen molar-refractivity contribution in [3.05, 3.63) is 83.6 Å². The molecule has 0 aliphatic heterocycles. The number of anilines is 1. The summed E-state index contributed by atoms with van der Waals surface area (Å²) in [7, 11) is 1.62. The van der Waals surface area contributed by atoms with Gasteiger partial charge in [0.15, 0.2) is 0 Å². The van der Waals surface area contributed by atoms with Gasteiger partial charge in [-0.1, -0.05) is 36.4 Å². The lowest BCUT2D eigenvalue weighted by Crippen LogP contribution is -2.14. The first-order valence-electron chi connectivity index (χ1n) is 10.4. The molecule has 4 aromatic rings. The average Bonchev–Trinajstić information content (AvgIpc) is 3.30. The zero-order valence-electron chi connectivity index (χ0n) is 18.4. The van der Waals surface area contributed by atoms with Crippen molar-refractivity contribution in [2.45, 2.75) is 13.3 Å². The highest BCUT2D eigenvalue weighted by Crippen LogP contribution is 2.24. The summed E-state index contributed by atoms with van der Waals surface area (Å²) >= 11 is 0. The molecule has 4 rings (SSSR count). The van der Waals surface area contributed by atoms with Crippen LogP contribution in [0.5, 0.6) is 5.88 Å². The van der Waals surface area contributed by atoms with Gasteiger partial charge >= 0.3 is 0 Å². The zero-order valence-corrected chi connectivity index (χ0v) is 18.4. The van der Waals surface area contributed by atoms with Crippen LogP contribution in [0.4, 0.5) is 5.82 Å². The van der Waals surface area contributed by atoms with Crippen molar-refractivity contribution in [1.29, 1.82) is 0 Å². The lowest BCUT2D eigenvalue weighted by molar-refractivity contribution is 0.101. The Morgan fingerprint density at radius 3 is 2.73 bits per heavy atom. The van der Waals surface area contributed by atoms with Gasteiger partial charge in [0.2, 0.25) is 11.7 Å². The molecule has 168 valence electrons. The maximum Gasteiger partial charge on any atom is 0.294 e. The van der Waals surface area contributed by atoms with Gasteiger partial charge in [0, 0.05) is 30.9 Å². The number of carbonyl (C=O) groups is 1. The Kier molecular flexibility index (Phi) is 7.01. The summed E-state index contributed by atoms with van der Waals surface area (Å²) in [5, 5.41) is 10.8. The molecular formula is C24H24N6O3. The first kappa shape index (κ1) is 22.1. The van der Waals surface area contributed by atoms with Crippen LogP contribution < -0.4 is 10.1 Å². The molecule has 3 heterocycles. The second-order valence-corrected chi connectivity index (χ2v) is 7.33. The van der Waals surface area contributed by atoms with Gasteiger partial charge in [-0.05, 0) is 30.7 Å². The highest BCUT2D eigenvalue weighted by molar-refractivity contribution is 6.01. The van der Waals surface area contributed by atoms with Gasteiger partial charge in [-0.25, -0.2) is 9.97 Å². The Morgan fingerprint density at radius 2 is 1.91 bits per heavy atom. The summed E-state index contributed by atoms with van der Waals surface area (Å²) in [4.78, 5) is 24.4. The number of rotatable bonds is 9. The molecule has 0 aliphatic rings. The maximum atomic E-state index is 12.6. The monoisotopic (exact) mass is 444 g/mol. The Bertz CT molecular complexity index is 1230. The fourth-order valence-electron chi connectivity index (χ4n) is 3.14. The molecule has 33 heavy (non-hydrogen) atoms. The summed E-state index contributed by atoms with van der Waals surface area (Å²) in [6, 6.07) is 17.2. The summed E-state index contributed by atoms with van der Waals surface area (Å²) in [6.07, 6.45) is 2.17. The molecule has 0 radical (unpaired) electrons. The summed E-state index contributed by atoms with van der Waals surface area (Å²) in [6.45, 7) is 2.82. The van der Waals surface area contributed by atoms with E-state index < -0.39 is 5.91 Å². The van der Waals surface area contributed by atoms with Crippen LogP contribution in [0.2, 0.25) is 0 Å². The zero-order chi connectivity index (χ0) is 23.0. The Morgan fingerprint density at radius 1 is 1.06 bits per heavy atom. The lowest BCUT2D eigenvalue weighted by Gasteiger charge is -2.10. The number of amides is 1. The van der Waals surface area contributed by atoms with E-state index in [-0.39, 0.29) is 5.82 Å². The van der Waals surface area contributed by atoms with E-state index in [2.05, 4.69) is 30.5 Å². The Labute approximate surface area is 191 Å². The molecule has 9 nitrogen and oxygen atoms in total. The minimum atomic E-state index is -0.424. The topological polar surface area (TPSA) is 115 Å². The van der Waals surface area contributed by atoms with Crippen molar-refractivity contribution >= 4 is 11.7 Å². The molecule has 0 fully saturated rings. The highest BCUT2D eigenvalue weighted by atomic mass is 16.5. The number of pyridine rings is 2. The van der Waals surface area contributed by atoms with Crippen molar-refractivity contribution in [2.75, 3.05) is 25.6 Å². The number of carbonyl (C=O) groups excluding carboxylic acids is 1. The Hall–Kier alpha value is -4.11. The van der Waals surface area contributed by atoms with E-state index in [1.165, 1.54) is 0 Å². The second-order valence-electron chi connectivity index (χ2n) is 7.33. The van der Waals surface area contributed by atoms with Crippen molar-refractivity contribution < 1.29 is 14.3 Å². The molecule has 0 atom stereocenters. The van der Waals surface area contributed by atoms with Crippen LogP contribution in [0.15, 0.2) is 60.8 Å². The third kappa shape index (κ3) is 5.78. The molecule has 1 aromatic carbocycles. The van der Waals surface area contributed by atoms with Gasteiger partial charge in [0.05, 0.1) is 12.3 Å². The Balaban J connectivity index is 1.45. The standard InChI is InChI=1S/C24H24N6O3/c1-16-8-9-19(26-24(16)33-13-12-32-2)18-10-11-25-20(15-18)28-23(31)22-27-21(29-30-22)14-17-6-4-3-5-7-17/h3-11,15H,12-14H2,1-2H3,(H,25,28,31)(H,27,29,30). The third-order valence-electron chi connectivity index (χ3n) is 4.84. The SMILES string of the molecule is COCCOc1nc(-c2ccnc(NC(=O)c3nnc(Cc4ccccc4)[nH]3)c2)ccc1C. The average molecular weight is 444 g/mol. The van der Waals surface area contributed by atoms with E-state index in [0.29, 0.717) is 42.9 Å². The van der Waals surface area contributed by atoms with Crippen molar-refractivity contribution in [2.24, 2.45) is 0 Å². The van der Waals surface area contributed by atoms with Crippen molar-refractivity contribution in [3.8, 4) is 17.1 Å². The van der Waals surface area contributed by atoms with Crippen LogP contribution in [0, 0.1) is 6.92 Å². The summed E-state index contributed by atoms with van der Waals surface area (Å²) in [5.74, 6) is 1.22. The minimum Gasteiger partial charge on any atom is -0.475 e. The predicted octanol–water partition coefficient (Wildman–Crippen LogP) is 3.44. The molecule has 0 saturated heterocycles. The predicted molar refractivity (Wildman–Crippen MR) is 123 cm³/mol. The quantitative estimate of drug-likeness (QED) is 0.380. The number of hydrogen-bond donors (Lipinski definition) is 2. The number of aromatic nitrogens is 5. The third-order valence-corrected chi connectivity index (χ3v) is 4.84. The van der Waals surface area contributed by atoms with Crippen LogP contribution >= 0.6 is 0 Å². The van der Waals surface area contributed by atoms with E-state index >= 15 is 0 Å². The molecule has 0 spiro atoms. The van der Waals surface area contributed by atoms with Crippen LogP contribution in [0.1, 0.15) is 27.6 Å². The molecule has 0 aliphatic carbocycles. The molecule has 1 amide bonds. The first-order chi connectivity index (χ1) is 16.1. The molecule has 0 bridgehead atoms. The number of nitrogens with zero attached hydrogens (tertiary/aromatic N) is 4. The number of ether oxygens (including phenoxy) is 2. The largest absolute Gasteiger partial charge is 0.475 e. The number of hydrogen-bond acceptors (Lipinski definition) is 7. The second kappa shape index (κ2) is 10.5. The first-order valence-corrected chi connectivity index (χ1v) is 10.4. The van der Waals surface area contributed by atoms with Gasteiger partial charge in [-0.15, -0.1) is 10.2 Å². The number of aromatic amines is 1. The fourth-order valence-corrected chi connectivity index (χ4v) is 3.14. The van der Waals surface area contributed by atoms with Gasteiger partial charge in [0.25, 0.3) is 5.91 Å². The van der Waals surface area contributed by atoms with Crippen molar-refractivity contribution in [1.82, 2.24) is 25.1 Å². The van der Waals surface area contributed by atoms with Crippen molar-refractivity contribution in [3.63, 3.8) is 0 Å². The van der Waals surface area contributed by atoms with Gasteiger partial charge < -0.3 is 19.8 Å². The minimum absolute atomic E-state index is 0.121. The fraction of sp³-hybridized carbons (Fsp3) is 0.208. The molecule has 0 unspecified atom stereocenters. The van der Waals surface area contributed by atoms with Crippen LogP contribution in [0.3, 0.4) is 0 Å². The normalized spacial score (nSPS) is 10.7. The smallest absolute Gasteiger partial charge is 0.294 e. The van der Waals surface area contributed by atoms with E-state index in [1.54, 1.807) is 19.4 Å². The molecule has 3 aromatic heterocycles. The van der Waals surface area contributed by atoms with Crippen LogP contribution in [-0.2, 0) is 11.2 Å². The summed E-state index contributed by atoms with van der Waals surface area (Å²) < 4.78 is 10.7. The molecular weight excluding hydrogens is 420 g/mol. The number of methoxy groups -OCH3 is 1. The van der Waals surface area contributed by atoms with Gasteiger partial charge in [-0.2, -0.15) is 0 Å². The van der Waals surface area contributed by atoms with Gasteiger partial charge in [0.1, 0.15) is 18.2 Å².